The Labute approximate surface area is 131 Å². The Bertz CT molecular complexity index is 748. The van der Waals surface area contributed by atoms with Gasteiger partial charge >= 0.3 is 0 Å². The molecular weight excluding hydrogens is 300 g/mol. The first-order valence-corrected chi connectivity index (χ1v) is 8.98. The lowest BCUT2D eigenvalue weighted by molar-refractivity contribution is 0.0264. The number of hydrogen-bond acceptors (Lipinski definition) is 3. The summed E-state index contributed by atoms with van der Waals surface area (Å²) >= 11 is 0. The summed E-state index contributed by atoms with van der Waals surface area (Å²) in [5, 5.41) is 10.7. The first kappa shape index (κ1) is 15.7. The molecule has 2 bridgehead atoms. The molecule has 0 unspecified atom stereocenters. The SMILES string of the molecule is CC1(C)[C@H]2CC[C@@]1(C)[C@@H](O)/C2=C/c1cccc(S(=O)(=O)O)c1. The molecular formula is C17H22O4S. The predicted octanol–water partition coefficient (Wildman–Crippen LogP) is 3.13. The maximum Gasteiger partial charge on any atom is 0.294 e. The first-order valence-electron chi connectivity index (χ1n) is 7.54. The molecule has 5 heteroatoms. The molecule has 4 nitrogen and oxygen atoms in total. The van der Waals surface area contributed by atoms with Crippen LogP contribution < -0.4 is 0 Å². The van der Waals surface area contributed by atoms with Crippen molar-refractivity contribution in [2.24, 2.45) is 16.7 Å². The Morgan fingerprint density at radius 2 is 1.95 bits per heavy atom. The van der Waals surface area contributed by atoms with E-state index >= 15 is 0 Å². The second-order valence-corrected chi connectivity index (χ2v) is 8.75. The molecule has 3 atom stereocenters. The third-order valence-corrected chi connectivity index (χ3v) is 6.96. The second kappa shape index (κ2) is 4.66. The molecule has 2 N–H and O–H groups in total. The van der Waals surface area contributed by atoms with Crippen molar-refractivity contribution >= 4 is 16.2 Å². The fourth-order valence-electron chi connectivity index (χ4n) is 4.29. The van der Waals surface area contributed by atoms with Gasteiger partial charge in [-0.25, -0.2) is 0 Å². The lowest BCUT2D eigenvalue weighted by Crippen LogP contribution is -2.35. The van der Waals surface area contributed by atoms with Gasteiger partial charge in [0.1, 0.15) is 0 Å². The van der Waals surface area contributed by atoms with Gasteiger partial charge in [0.25, 0.3) is 10.1 Å². The number of aliphatic hydroxyl groups is 1. The van der Waals surface area contributed by atoms with Gasteiger partial charge in [-0.1, -0.05) is 39.0 Å². The summed E-state index contributed by atoms with van der Waals surface area (Å²) in [6.45, 7) is 6.53. The van der Waals surface area contributed by atoms with Crippen LogP contribution in [0.15, 0.2) is 34.7 Å². The van der Waals surface area contributed by atoms with E-state index < -0.39 is 16.2 Å². The molecule has 0 aromatic heterocycles. The van der Waals surface area contributed by atoms with Gasteiger partial charge in [0.2, 0.25) is 0 Å². The van der Waals surface area contributed by atoms with Crippen LogP contribution in [0, 0.1) is 16.7 Å². The third kappa shape index (κ3) is 2.07. The van der Waals surface area contributed by atoms with Crippen molar-refractivity contribution in [3.63, 3.8) is 0 Å². The highest BCUT2D eigenvalue weighted by atomic mass is 32.2. The average Bonchev–Trinajstić information content (AvgIpc) is 2.73. The highest BCUT2D eigenvalue weighted by Crippen LogP contribution is 2.67. The zero-order valence-electron chi connectivity index (χ0n) is 13.1. The molecule has 0 saturated heterocycles. The van der Waals surface area contributed by atoms with Gasteiger partial charge in [-0.05, 0) is 47.4 Å². The van der Waals surface area contributed by atoms with Crippen LogP contribution in [0.3, 0.4) is 0 Å². The minimum absolute atomic E-state index is 0.0267. The third-order valence-electron chi connectivity index (χ3n) is 6.11. The highest BCUT2D eigenvalue weighted by molar-refractivity contribution is 7.85. The van der Waals surface area contributed by atoms with Crippen LogP contribution in [0.2, 0.25) is 0 Å². The summed E-state index contributed by atoms with van der Waals surface area (Å²) in [7, 11) is -4.21. The quantitative estimate of drug-likeness (QED) is 0.820. The van der Waals surface area contributed by atoms with Gasteiger partial charge in [0.15, 0.2) is 0 Å². The molecule has 1 aromatic rings. The van der Waals surface area contributed by atoms with Crippen LogP contribution in [0.1, 0.15) is 39.2 Å². The van der Waals surface area contributed by atoms with E-state index in [1.54, 1.807) is 12.1 Å². The lowest BCUT2D eigenvalue weighted by Gasteiger charge is -2.36. The van der Waals surface area contributed by atoms with Crippen LogP contribution >= 0.6 is 0 Å². The molecule has 1 aromatic carbocycles. The molecule has 2 saturated carbocycles. The molecule has 3 rings (SSSR count). The molecule has 2 aliphatic carbocycles. The first-order chi connectivity index (χ1) is 10.1. The minimum atomic E-state index is -4.21. The molecule has 0 spiro atoms. The van der Waals surface area contributed by atoms with E-state index in [0.717, 1.165) is 18.4 Å². The number of benzene rings is 1. The van der Waals surface area contributed by atoms with Gasteiger partial charge in [0.05, 0.1) is 11.0 Å². The fourth-order valence-corrected chi connectivity index (χ4v) is 4.83. The summed E-state index contributed by atoms with van der Waals surface area (Å²) in [6.07, 6.45) is 3.44. The summed E-state index contributed by atoms with van der Waals surface area (Å²) < 4.78 is 31.7. The summed E-state index contributed by atoms with van der Waals surface area (Å²) in [6, 6.07) is 6.19. The number of rotatable bonds is 2. The van der Waals surface area contributed by atoms with Crippen LogP contribution in [0.25, 0.3) is 6.08 Å². The van der Waals surface area contributed by atoms with Crippen LogP contribution in [-0.2, 0) is 10.1 Å². The summed E-state index contributed by atoms with van der Waals surface area (Å²) in [4.78, 5) is -0.120. The Morgan fingerprint density at radius 3 is 2.50 bits per heavy atom. The minimum Gasteiger partial charge on any atom is -0.388 e. The van der Waals surface area contributed by atoms with Crippen molar-refractivity contribution in [3.05, 3.63) is 35.4 Å². The Kier molecular flexibility index (Phi) is 3.33. The molecule has 22 heavy (non-hydrogen) atoms. The lowest BCUT2D eigenvalue weighted by atomic mass is 9.70. The van der Waals surface area contributed by atoms with E-state index in [4.69, 9.17) is 4.55 Å². The van der Waals surface area contributed by atoms with Crippen LogP contribution in [0.5, 0.6) is 0 Å². The van der Waals surface area contributed by atoms with Crippen LogP contribution in [0.4, 0.5) is 0 Å². The topological polar surface area (TPSA) is 74.6 Å². The van der Waals surface area contributed by atoms with Crippen LogP contribution in [-0.4, -0.2) is 24.2 Å². The number of hydrogen-bond donors (Lipinski definition) is 2. The zero-order chi connectivity index (χ0) is 16.3. The predicted molar refractivity (Wildman–Crippen MR) is 84.9 cm³/mol. The Hall–Kier alpha value is -1.17. The van der Waals surface area contributed by atoms with Crippen molar-refractivity contribution in [1.82, 2.24) is 0 Å². The molecule has 2 fully saturated rings. The van der Waals surface area contributed by atoms with Gasteiger partial charge < -0.3 is 5.11 Å². The second-order valence-electron chi connectivity index (χ2n) is 7.32. The fraction of sp³-hybridized carbons (Fsp3) is 0.529. The van der Waals surface area contributed by atoms with Crippen molar-refractivity contribution in [1.29, 1.82) is 0 Å². The highest BCUT2D eigenvalue weighted by Gasteiger charge is 2.63. The Balaban J connectivity index is 2.05. The smallest absolute Gasteiger partial charge is 0.294 e. The van der Waals surface area contributed by atoms with E-state index in [1.165, 1.54) is 12.1 Å². The number of aliphatic hydroxyl groups excluding tert-OH is 1. The monoisotopic (exact) mass is 322 g/mol. The average molecular weight is 322 g/mol. The van der Waals surface area contributed by atoms with E-state index in [-0.39, 0.29) is 15.7 Å². The number of fused-ring (bicyclic) bond motifs is 2. The Morgan fingerprint density at radius 1 is 1.27 bits per heavy atom. The normalized spacial score (nSPS) is 35.2. The maximum atomic E-state index is 11.3. The van der Waals surface area contributed by atoms with Crippen molar-refractivity contribution in [2.45, 2.75) is 44.6 Å². The van der Waals surface area contributed by atoms with Crippen molar-refractivity contribution in [2.75, 3.05) is 0 Å². The molecule has 0 amide bonds. The summed E-state index contributed by atoms with van der Waals surface area (Å²) in [5.74, 6) is 0.307. The van der Waals surface area contributed by atoms with E-state index in [0.29, 0.717) is 11.5 Å². The van der Waals surface area contributed by atoms with E-state index in [9.17, 15) is 13.5 Å². The largest absolute Gasteiger partial charge is 0.388 e. The molecule has 0 radical (unpaired) electrons. The van der Waals surface area contributed by atoms with E-state index in [2.05, 4.69) is 20.8 Å². The van der Waals surface area contributed by atoms with Gasteiger partial charge in [-0.3, -0.25) is 4.55 Å². The standard InChI is InChI=1S/C17H22O4S/c1-16(2)14-7-8-17(16,3)15(18)13(14)10-11-5-4-6-12(9-11)22(19,20)21/h4-6,9-10,14-15,18H,7-8H2,1-3H3,(H,19,20,21)/b13-10+/t14-,15-,17-/m0/s1. The zero-order valence-corrected chi connectivity index (χ0v) is 13.9. The van der Waals surface area contributed by atoms with E-state index in [1.807, 2.05) is 6.08 Å². The summed E-state index contributed by atoms with van der Waals surface area (Å²) in [5.41, 5.74) is 1.56. The molecule has 2 aliphatic rings. The molecule has 0 aliphatic heterocycles. The van der Waals surface area contributed by atoms with Gasteiger partial charge in [-0.15, -0.1) is 0 Å². The van der Waals surface area contributed by atoms with Gasteiger partial charge in [0, 0.05) is 5.41 Å². The van der Waals surface area contributed by atoms with Crippen molar-refractivity contribution in [3.8, 4) is 0 Å². The van der Waals surface area contributed by atoms with Gasteiger partial charge in [-0.2, -0.15) is 8.42 Å². The van der Waals surface area contributed by atoms with Crippen molar-refractivity contribution < 1.29 is 18.1 Å². The maximum absolute atomic E-state index is 11.3. The molecule has 120 valence electrons. The molecule has 0 heterocycles.